The quantitative estimate of drug-likeness (QED) is 0.486. The van der Waals surface area contributed by atoms with Crippen LogP contribution in [-0.4, -0.2) is 51.7 Å². The number of hydrogen-bond acceptors (Lipinski definition) is 8. The molecule has 4 aliphatic rings. The van der Waals surface area contributed by atoms with E-state index in [1.54, 1.807) is 0 Å². The van der Waals surface area contributed by atoms with Crippen LogP contribution in [0.3, 0.4) is 0 Å². The first kappa shape index (κ1) is 23.2. The highest BCUT2D eigenvalue weighted by atomic mass is 16.7. The Bertz CT molecular complexity index is 892. The SMILES string of the molecule is CC(=O)O[C@H]1CC(C)(C)[C@]2(O)CC[C@H]3[C@H](C)C4=CC(=O)O[C@]4(O)C[C@@H]3[C@@]2(C)[C@H]1OC(C)=O. The second kappa shape index (κ2) is 7.03. The molecule has 32 heavy (non-hydrogen) atoms. The molecule has 8 heteroatoms. The molecule has 0 amide bonds. The van der Waals surface area contributed by atoms with Crippen molar-refractivity contribution in [2.45, 2.75) is 90.8 Å². The average molecular weight is 451 g/mol. The van der Waals surface area contributed by atoms with Crippen LogP contribution in [-0.2, 0) is 28.6 Å². The van der Waals surface area contributed by atoms with E-state index in [4.69, 9.17) is 14.2 Å². The zero-order valence-corrected chi connectivity index (χ0v) is 19.6. The summed E-state index contributed by atoms with van der Waals surface area (Å²) in [6.07, 6.45) is 1.28. The minimum Gasteiger partial charge on any atom is -0.459 e. The topological polar surface area (TPSA) is 119 Å². The first-order valence-corrected chi connectivity index (χ1v) is 11.4. The summed E-state index contributed by atoms with van der Waals surface area (Å²) in [4.78, 5) is 36.1. The highest BCUT2D eigenvalue weighted by Gasteiger charge is 2.74. The normalized spacial score (nSPS) is 46.7. The Morgan fingerprint density at radius 2 is 1.72 bits per heavy atom. The molecule has 1 heterocycles. The van der Waals surface area contributed by atoms with Crippen LogP contribution in [0.4, 0.5) is 0 Å². The van der Waals surface area contributed by atoms with Crippen LogP contribution in [0, 0.1) is 28.6 Å². The third-order valence-corrected chi connectivity index (χ3v) is 9.01. The maximum Gasteiger partial charge on any atom is 0.333 e. The van der Waals surface area contributed by atoms with E-state index >= 15 is 0 Å². The molecule has 0 aromatic heterocycles. The maximum atomic E-state index is 12.3. The average Bonchev–Trinajstić information content (AvgIpc) is 2.95. The molecule has 3 saturated carbocycles. The summed E-state index contributed by atoms with van der Waals surface area (Å²) in [7, 11) is 0. The molecule has 0 aromatic rings. The van der Waals surface area contributed by atoms with E-state index in [1.807, 2.05) is 27.7 Å². The van der Waals surface area contributed by atoms with Gasteiger partial charge in [0, 0.05) is 37.3 Å². The summed E-state index contributed by atoms with van der Waals surface area (Å²) in [5, 5.41) is 23.6. The molecule has 0 saturated heterocycles. The van der Waals surface area contributed by atoms with Crippen LogP contribution in [0.2, 0.25) is 0 Å². The number of esters is 3. The van der Waals surface area contributed by atoms with Gasteiger partial charge in [0.1, 0.15) is 12.2 Å². The van der Waals surface area contributed by atoms with Gasteiger partial charge in [-0.2, -0.15) is 0 Å². The van der Waals surface area contributed by atoms with Gasteiger partial charge in [-0.25, -0.2) is 4.79 Å². The van der Waals surface area contributed by atoms with Crippen LogP contribution in [0.25, 0.3) is 0 Å². The lowest BCUT2D eigenvalue weighted by atomic mass is 9.39. The zero-order chi connectivity index (χ0) is 23.9. The minimum absolute atomic E-state index is 0.0197. The van der Waals surface area contributed by atoms with Gasteiger partial charge in [0.05, 0.1) is 5.60 Å². The molecule has 8 atom stereocenters. The summed E-state index contributed by atoms with van der Waals surface area (Å²) in [6, 6.07) is 0. The fraction of sp³-hybridized carbons (Fsp3) is 0.792. The lowest BCUT2D eigenvalue weighted by Crippen LogP contribution is -2.75. The molecule has 178 valence electrons. The molecule has 8 nitrogen and oxygen atoms in total. The van der Waals surface area contributed by atoms with Gasteiger partial charge in [0.25, 0.3) is 0 Å². The van der Waals surface area contributed by atoms with Crippen LogP contribution in [0.5, 0.6) is 0 Å². The van der Waals surface area contributed by atoms with Crippen molar-refractivity contribution < 1.29 is 38.8 Å². The van der Waals surface area contributed by atoms with Crippen molar-refractivity contribution in [3.05, 3.63) is 11.6 Å². The van der Waals surface area contributed by atoms with Crippen molar-refractivity contribution in [2.24, 2.45) is 28.6 Å². The molecule has 0 aromatic carbocycles. The van der Waals surface area contributed by atoms with Gasteiger partial charge in [-0.3, -0.25) is 9.59 Å². The number of carbonyl (C=O) groups excluding carboxylic acids is 3. The van der Waals surface area contributed by atoms with Crippen molar-refractivity contribution in [2.75, 3.05) is 0 Å². The maximum absolute atomic E-state index is 12.3. The minimum atomic E-state index is -1.75. The summed E-state index contributed by atoms with van der Waals surface area (Å²) >= 11 is 0. The second-order valence-electron chi connectivity index (χ2n) is 11.0. The molecule has 3 aliphatic carbocycles. The van der Waals surface area contributed by atoms with Gasteiger partial charge < -0.3 is 24.4 Å². The second-order valence-corrected chi connectivity index (χ2v) is 11.0. The molecule has 2 N–H and O–H groups in total. The number of fused-ring (bicyclic) bond motifs is 4. The highest BCUT2D eigenvalue weighted by molar-refractivity contribution is 5.86. The largest absolute Gasteiger partial charge is 0.459 e. The van der Waals surface area contributed by atoms with Crippen molar-refractivity contribution in [1.29, 1.82) is 0 Å². The van der Waals surface area contributed by atoms with Gasteiger partial charge in [0.2, 0.25) is 5.79 Å². The zero-order valence-electron chi connectivity index (χ0n) is 19.6. The predicted molar refractivity (Wildman–Crippen MR) is 112 cm³/mol. The molecule has 3 fully saturated rings. The lowest BCUT2D eigenvalue weighted by molar-refractivity contribution is -0.318. The van der Waals surface area contributed by atoms with Crippen LogP contribution in [0.1, 0.15) is 67.2 Å². The summed E-state index contributed by atoms with van der Waals surface area (Å²) in [5.41, 5.74) is -2.43. The third kappa shape index (κ3) is 2.98. The van der Waals surface area contributed by atoms with Crippen molar-refractivity contribution in [1.82, 2.24) is 0 Å². The predicted octanol–water partition coefficient (Wildman–Crippen LogP) is 2.25. The van der Waals surface area contributed by atoms with Gasteiger partial charge in [0.15, 0.2) is 0 Å². The first-order chi connectivity index (χ1) is 14.7. The molecule has 0 radical (unpaired) electrons. The number of carbonyl (C=O) groups is 3. The molecular formula is C24H34O8. The smallest absolute Gasteiger partial charge is 0.333 e. The van der Waals surface area contributed by atoms with E-state index in [-0.39, 0.29) is 24.2 Å². The number of hydrogen-bond donors (Lipinski definition) is 2. The van der Waals surface area contributed by atoms with E-state index in [1.165, 1.54) is 19.9 Å². The monoisotopic (exact) mass is 450 g/mol. The fourth-order valence-corrected chi connectivity index (χ4v) is 7.60. The van der Waals surface area contributed by atoms with Crippen LogP contribution >= 0.6 is 0 Å². The molecule has 0 bridgehead atoms. The summed E-state index contributed by atoms with van der Waals surface area (Å²) in [6.45, 7) is 10.3. The molecule has 0 spiro atoms. The molecule has 1 aliphatic heterocycles. The van der Waals surface area contributed by atoms with Crippen molar-refractivity contribution in [3.8, 4) is 0 Å². The van der Waals surface area contributed by atoms with E-state index in [0.29, 0.717) is 24.8 Å². The van der Waals surface area contributed by atoms with Crippen molar-refractivity contribution >= 4 is 17.9 Å². The number of aliphatic hydroxyl groups is 2. The van der Waals surface area contributed by atoms with Gasteiger partial charge in [-0.1, -0.05) is 27.7 Å². The Hall–Kier alpha value is -1.93. The van der Waals surface area contributed by atoms with E-state index in [9.17, 15) is 24.6 Å². The Morgan fingerprint density at radius 1 is 1.09 bits per heavy atom. The summed E-state index contributed by atoms with van der Waals surface area (Å²) < 4.78 is 16.8. The standard InChI is InChI=1S/C24H34O8/c1-12-15-7-8-24(29)21(4,5)11-18(30-13(2)25)20(31-14(3)26)22(24,6)17(15)10-23(28)16(12)9-19(27)32-23/h9,12,15,17-18,20,28-29H,7-8,10-11H2,1-6H3/t12-,15-,17-,18-,20-,22-,23+,24+/m0/s1. The Balaban J connectivity index is 1.88. The van der Waals surface area contributed by atoms with Crippen LogP contribution < -0.4 is 0 Å². The molecule has 4 rings (SSSR count). The Kier molecular flexibility index (Phi) is 5.11. The Morgan fingerprint density at radius 3 is 2.31 bits per heavy atom. The van der Waals surface area contributed by atoms with E-state index in [2.05, 4.69) is 0 Å². The van der Waals surface area contributed by atoms with Gasteiger partial charge in [-0.05, 0) is 42.4 Å². The van der Waals surface area contributed by atoms with Gasteiger partial charge in [-0.15, -0.1) is 0 Å². The van der Waals surface area contributed by atoms with E-state index < -0.39 is 52.3 Å². The lowest BCUT2D eigenvalue weighted by Gasteiger charge is -2.69. The van der Waals surface area contributed by atoms with Gasteiger partial charge >= 0.3 is 17.9 Å². The molecular weight excluding hydrogens is 416 g/mol. The van der Waals surface area contributed by atoms with Crippen LogP contribution in [0.15, 0.2) is 11.6 Å². The van der Waals surface area contributed by atoms with Crippen molar-refractivity contribution in [3.63, 3.8) is 0 Å². The number of ether oxygens (including phenoxy) is 3. The fourth-order valence-electron chi connectivity index (χ4n) is 7.60. The van der Waals surface area contributed by atoms with E-state index in [0.717, 1.165) is 0 Å². The third-order valence-electron chi connectivity index (χ3n) is 9.01. The highest BCUT2D eigenvalue weighted by Crippen LogP contribution is 2.69. The summed E-state index contributed by atoms with van der Waals surface area (Å²) in [5.74, 6) is -3.85. The first-order valence-electron chi connectivity index (χ1n) is 11.4. The molecule has 0 unspecified atom stereocenters. The Labute approximate surface area is 188 Å². The number of rotatable bonds is 2.